The van der Waals surface area contributed by atoms with Crippen LogP contribution < -0.4 is 11.5 Å². The molecule has 0 aliphatic rings. The molecule has 1 atom stereocenters. The van der Waals surface area contributed by atoms with Crippen molar-refractivity contribution >= 4 is 11.9 Å². The fourth-order valence-corrected chi connectivity index (χ4v) is 0.697. The molecule has 0 aliphatic carbocycles. The van der Waals surface area contributed by atoms with E-state index in [9.17, 15) is 0 Å². The summed E-state index contributed by atoms with van der Waals surface area (Å²) in [7, 11) is 1.70. The van der Waals surface area contributed by atoms with E-state index in [2.05, 4.69) is 4.99 Å². The van der Waals surface area contributed by atoms with Gasteiger partial charge in [0, 0.05) is 13.1 Å². The highest BCUT2D eigenvalue weighted by molar-refractivity contribution is 5.91. The molecule has 1 unspecified atom stereocenters. The molecule has 0 saturated heterocycles. The number of nitrogens with zero attached hydrogens (tertiary/aromatic N) is 3. The van der Waals surface area contributed by atoms with E-state index in [-0.39, 0.29) is 18.0 Å². The van der Waals surface area contributed by atoms with E-state index in [1.807, 2.05) is 13.0 Å². The fraction of sp³-hybridized carbons (Fsp3) is 0.571. The highest BCUT2D eigenvalue weighted by atomic mass is 15.3. The zero-order chi connectivity index (χ0) is 10.4. The van der Waals surface area contributed by atoms with E-state index in [4.69, 9.17) is 22.1 Å². The predicted molar refractivity (Wildman–Crippen MR) is 51.0 cm³/mol. The number of hydrogen-bond donors (Lipinski definition) is 3. The van der Waals surface area contributed by atoms with Gasteiger partial charge in [-0.25, -0.2) is 0 Å². The average Bonchev–Trinajstić information content (AvgIpc) is 2.02. The maximum atomic E-state index is 8.42. The van der Waals surface area contributed by atoms with Crippen LogP contribution in [0.3, 0.4) is 0 Å². The number of nitrogens with two attached hydrogens (primary N) is 2. The Morgan fingerprint density at radius 1 is 1.69 bits per heavy atom. The summed E-state index contributed by atoms with van der Waals surface area (Å²) in [4.78, 5) is 5.15. The lowest BCUT2D eigenvalue weighted by Crippen LogP contribution is -2.41. The zero-order valence-corrected chi connectivity index (χ0v) is 7.78. The van der Waals surface area contributed by atoms with Gasteiger partial charge < -0.3 is 16.4 Å². The van der Waals surface area contributed by atoms with E-state index >= 15 is 0 Å². The van der Waals surface area contributed by atoms with Crippen LogP contribution in [0.2, 0.25) is 0 Å². The Labute approximate surface area is 77.3 Å². The van der Waals surface area contributed by atoms with Gasteiger partial charge in [-0.05, 0) is 6.92 Å². The van der Waals surface area contributed by atoms with Gasteiger partial charge in [-0.15, -0.1) is 0 Å². The lowest BCUT2D eigenvalue weighted by atomic mass is 10.2. The summed E-state index contributed by atoms with van der Waals surface area (Å²) in [5, 5.41) is 15.3. The molecule has 72 valence electrons. The molecular weight excluding hydrogens is 168 g/mol. The molecule has 6 heteroatoms. The lowest BCUT2D eigenvalue weighted by Gasteiger charge is -2.23. The van der Waals surface area contributed by atoms with Gasteiger partial charge in [-0.2, -0.15) is 10.3 Å². The van der Waals surface area contributed by atoms with Gasteiger partial charge in [0.05, 0.1) is 12.5 Å². The number of rotatable bonds is 2. The van der Waals surface area contributed by atoms with Gasteiger partial charge in [-0.3, -0.25) is 5.41 Å². The van der Waals surface area contributed by atoms with E-state index in [1.165, 1.54) is 0 Å². The largest absolute Gasteiger partial charge is 0.369 e. The van der Waals surface area contributed by atoms with Crippen LogP contribution in [-0.4, -0.2) is 29.9 Å². The van der Waals surface area contributed by atoms with Gasteiger partial charge >= 0.3 is 0 Å². The quantitative estimate of drug-likeness (QED) is 0.391. The van der Waals surface area contributed by atoms with Crippen molar-refractivity contribution in [2.45, 2.75) is 19.4 Å². The Hall–Kier alpha value is -1.77. The minimum absolute atomic E-state index is 0.0342. The predicted octanol–water partition coefficient (Wildman–Crippen LogP) is -0.571. The van der Waals surface area contributed by atoms with Crippen molar-refractivity contribution in [2.75, 3.05) is 7.05 Å². The van der Waals surface area contributed by atoms with E-state index in [0.717, 1.165) is 0 Å². The van der Waals surface area contributed by atoms with Crippen molar-refractivity contribution < 1.29 is 0 Å². The van der Waals surface area contributed by atoms with Crippen LogP contribution in [0, 0.1) is 16.7 Å². The van der Waals surface area contributed by atoms with Crippen molar-refractivity contribution in [3.05, 3.63) is 0 Å². The maximum Gasteiger partial charge on any atom is 0.215 e. The molecule has 0 aliphatic heterocycles. The molecular formula is C7H14N6. The molecule has 0 aromatic heterocycles. The number of aliphatic imine (C=N–C) groups is 1. The summed E-state index contributed by atoms with van der Waals surface area (Å²) in [5.41, 5.74) is 10.5. The Morgan fingerprint density at radius 2 is 2.23 bits per heavy atom. The summed E-state index contributed by atoms with van der Waals surface area (Å²) in [6.07, 6.45) is 0.352. The maximum absolute atomic E-state index is 8.42. The summed E-state index contributed by atoms with van der Waals surface area (Å²) in [5.74, 6) is -0.191. The second-order valence-corrected chi connectivity index (χ2v) is 2.68. The van der Waals surface area contributed by atoms with E-state index in [0.29, 0.717) is 6.42 Å². The third-order valence-electron chi connectivity index (χ3n) is 1.64. The molecule has 6 nitrogen and oxygen atoms in total. The molecule has 0 rings (SSSR count). The molecule has 0 aromatic carbocycles. The molecule has 5 N–H and O–H groups in total. The number of nitrogens with one attached hydrogen (secondary N) is 1. The van der Waals surface area contributed by atoms with E-state index < -0.39 is 0 Å². The highest BCUT2D eigenvalue weighted by Gasteiger charge is 2.10. The second kappa shape index (κ2) is 4.98. The molecule has 0 spiro atoms. The summed E-state index contributed by atoms with van der Waals surface area (Å²) >= 11 is 0. The summed E-state index contributed by atoms with van der Waals surface area (Å²) in [6.45, 7) is 1.84. The molecule has 13 heavy (non-hydrogen) atoms. The molecule has 0 amide bonds. The third kappa shape index (κ3) is 3.96. The van der Waals surface area contributed by atoms with Crippen molar-refractivity contribution in [3.63, 3.8) is 0 Å². The monoisotopic (exact) mass is 182 g/mol. The first-order chi connectivity index (χ1) is 5.99. The van der Waals surface area contributed by atoms with Gasteiger partial charge in [0.2, 0.25) is 5.96 Å². The van der Waals surface area contributed by atoms with Crippen molar-refractivity contribution in [1.29, 1.82) is 10.7 Å². The lowest BCUT2D eigenvalue weighted by molar-refractivity contribution is 0.392. The molecule has 0 fully saturated rings. The first-order valence-corrected chi connectivity index (χ1v) is 3.77. The van der Waals surface area contributed by atoms with Crippen LogP contribution in [0.1, 0.15) is 13.3 Å². The topological polar surface area (TPSA) is 115 Å². The average molecular weight is 182 g/mol. The first kappa shape index (κ1) is 11.2. The Balaban J connectivity index is 4.34. The molecule has 0 radical (unpaired) electrons. The zero-order valence-electron chi connectivity index (χ0n) is 7.78. The second-order valence-electron chi connectivity index (χ2n) is 2.68. The normalized spacial score (nSPS) is 13.2. The van der Waals surface area contributed by atoms with Crippen molar-refractivity contribution in [3.8, 4) is 6.07 Å². The smallest absolute Gasteiger partial charge is 0.215 e. The van der Waals surface area contributed by atoms with Crippen LogP contribution in [0.4, 0.5) is 0 Å². The van der Waals surface area contributed by atoms with E-state index in [1.54, 1.807) is 11.9 Å². The molecule has 0 bridgehead atoms. The van der Waals surface area contributed by atoms with Gasteiger partial charge in [0.1, 0.15) is 0 Å². The van der Waals surface area contributed by atoms with Crippen LogP contribution >= 0.6 is 0 Å². The van der Waals surface area contributed by atoms with Crippen LogP contribution in [0.15, 0.2) is 4.99 Å². The van der Waals surface area contributed by atoms with Crippen LogP contribution in [0.25, 0.3) is 0 Å². The van der Waals surface area contributed by atoms with Crippen molar-refractivity contribution in [2.24, 2.45) is 16.5 Å². The van der Waals surface area contributed by atoms with Gasteiger partial charge in [-0.1, -0.05) is 0 Å². The molecule has 0 aromatic rings. The number of hydrogen-bond acceptors (Lipinski definition) is 2. The standard InChI is InChI=1S/C7H14N6/c1-5(3-4-8)13(2)7(11)12-6(9)10/h5H,3H2,1-2H3,(H5,9,10,11,12). The summed E-state index contributed by atoms with van der Waals surface area (Å²) < 4.78 is 0. The minimum atomic E-state index is -0.339. The summed E-state index contributed by atoms with van der Waals surface area (Å²) in [6, 6.07) is 1.99. The number of guanidine groups is 2. The minimum Gasteiger partial charge on any atom is -0.369 e. The highest BCUT2D eigenvalue weighted by Crippen LogP contribution is 1.98. The third-order valence-corrected chi connectivity index (χ3v) is 1.64. The SMILES string of the molecule is CC(CC#N)N(C)/C(N)=N/C(=N)N. The Morgan fingerprint density at radius 3 is 2.62 bits per heavy atom. The van der Waals surface area contributed by atoms with Crippen LogP contribution in [-0.2, 0) is 0 Å². The van der Waals surface area contributed by atoms with Gasteiger partial charge in [0.15, 0.2) is 5.96 Å². The Bertz CT molecular complexity index is 250. The Kier molecular flexibility index (Phi) is 4.30. The van der Waals surface area contributed by atoms with Crippen molar-refractivity contribution in [1.82, 2.24) is 4.90 Å². The van der Waals surface area contributed by atoms with Gasteiger partial charge in [0.25, 0.3) is 0 Å². The molecule has 0 heterocycles. The van der Waals surface area contributed by atoms with Crippen LogP contribution in [0.5, 0.6) is 0 Å². The fourth-order valence-electron chi connectivity index (χ4n) is 0.697. The molecule has 0 saturated carbocycles. The number of nitriles is 1. The first-order valence-electron chi connectivity index (χ1n) is 3.77.